The molecule has 1 aromatic carbocycles. The number of amides is 2. The number of carbonyl (C=O) groups is 2. The van der Waals surface area contributed by atoms with Crippen molar-refractivity contribution in [2.24, 2.45) is 0 Å². The minimum Gasteiger partial charge on any atom is -0.390 e. The number of β-amino-alcohol motifs (C(OH)–C–C–N with tert-alkyl or cyclic N) is 1. The smallest absolute Gasteiger partial charge is 0.390 e. The van der Waals surface area contributed by atoms with Gasteiger partial charge in [0.25, 0.3) is 11.8 Å². The highest BCUT2D eigenvalue weighted by Gasteiger charge is 2.36. The third kappa shape index (κ3) is 2.57. The van der Waals surface area contributed by atoms with E-state index in [-0.39, 0.29) is 13.1 Å². The van der Waals surface area contributed by atoms with Crippen molar-refractivity contribution >= 4 is 17.8 Å². The zero-order valence-corrected chi connectivity index (χ0v) is 11.8. The molecule has 118 valence electrons. The molecular formula is C14H12N4O5. The van der Waals surface area contributed by atoms with Gasteiger partial charge in [0.15, 0.2) is 0 Å². The Morgan fingerprint density at radius 3 is 2.35 bits per heavy atom. The molecule has 2 heterocycles. The summed E-state index contributed by atoms with van der Waals surface area (Å²) in [6, 6.07) is 6.39. The molecule has 0 spiro atoms. The molecule has 0 bridgehead atoms. The molecule has 0 aliphatic carbocycles. The first-order valence-electron chi connectivity index (χ1n) is 6.78. The second-order valence-electron chi connectivity index (χ2n) is 5.06. The van der Waals surface area contributed by atoms with Crippen LogP contribution in [0.2, 0.25) is 0 Å². The molecule has 23 heavy (non-hydrogen) atoms. The molecule has 1 aliphatic rings. The van der Waals surface area contributed by atoms with E-state index in [4.69, 9.17) is 0 Å². The molecule has 1 N–H and O–H groups in total. The van der Waals surface area contributed by atoms with Crippen LogP contribution in [-0.4, -0.2) is 48.9 Å². The van der Waals surface area contributed by atoms with Crippen molar-refractivity contribution in [1.82, 2.24) is 14.5 Å². The Morgan fingerprint density at radius 2 is 1.78 bits per heavy atom. The van der Waals surface area contributed by atoms with Crippen molar-refractivity contribution in [2.75, 3.05) is 6.54 Å². The molecule has 1 aromatic heterocycles. The van der Waals surface area contributed by atoms with E-state index in [0.717, 1.165) is 9.47 Å². The number of imidazole rings is 1. The van der Waals surface area contributed by atoms with Crippen molar-refractivity contribution in [3.05, 3.63) is 57.9 Å². The Labute approximate surface area is 129 Å². The average molecular weight is 316 g/mol. The lowest BCUT2D eigenvalue weighted by atomic mass is 10.1. The SMILES string of the molecule is O=C1c2ccccc2C(=O)N1C[C@H](O)Cn1ccnc1[N+](=O)[O-]. The van der Waals surface area contributed by atoms with E-state index in [2.05, 4.69) is 4.98 Å². The maximum absolute atomic E-state index is 12.2. The minimum absolute atomic E-state index is 0.149. The van der Waals surface area contributed by atoms with Gasteiger partial charge in [-0.2, -0.15) is 0 Å². The van der Waals surface area contributed by atoms with E-state index >= 15 is 0 Å². The van der Waals surface area contributed by atoms with Gasteiger partial charge >= 0.3 is 5.95 Å². The monoisotopic (exact) mass is 316 g/mol. The average Bonchev–Trinajstić information content (AvgIpc) is 3.07. The topological polar surface area (TPSA) is 119 Å². The summed E-state index contributed by atoms with van der Waals surface area (Å²) in [6.07, 6.45) is 1.45. The number of carbonyl (C=O) groups excluding carboxylic acids is 2. The van der Waals surface area contributed by atoms with E-state index < -0.39 is 28.8 Å². The van der Waals surface area contributed by atoms with Crippen LogP contribution in [0, 0.1) is 10.1 Å². The number of rotatable bonds is 5. The summed E-state index contributed by atoms with van der Waals surface area (Å²) < 4.78 is 1.16. The van der Waals surface area contributed by atoms with E-state index in [0.29, 0.717) is 11.1 Å². The molecule has 0 saturated carbocycles. The fourth-order valence-electron chi connectivity index (χ4n) is 2.52. The van der Waals surface area contributed by atoms with Crippen LogP contribution in [0.3, 0.4) is 0 Å². The van der Waals surface area contributed by atoms with E-state index in [1.54, 1.807) is 24.3 Å². The number of aromatic nitrogens is 2. The first-order valence-corrected chi connectivity index (χ1v) is 6.78. The Bertz CT molecular complexity index is 765. The lowest BCUT2D eigenvalue weighted by Gasteiger charge is -2.17. The number of aliphatic hydroxyl groups excluding tert-OH is 1. The number of imide groups is 1. The maximum atomic E-state index is 12.2. The van der Waals surface area contributed by atoms with Crippen LogP contribution in [0.15, 0.2) is 36.7 Å². The van der Waals surface area contributed by atoms with Gasteiger partial charge < -0.3 is 15.2 Å². The van der Waals surface area contributed by atoms with Gasteiger partial charge in [0.1, 0.15) is 18.5 Å². The quantitative estimate of drug-likeness (QED) is 0.486. The Hall–Kier alpha value is -3.07. The maximum Gasteiger partial charge on any atom is 0.434 e. The molecule has 0 unspecified atom stereocenters. The number of hydrogen-bond donors (Lipinski definition) is 1. The highest BCUT2D eigenvalue weighted by molar-refractivity contribution is 6.21. The second-order valence-corrected chi connectivity index (χ2v) is 5.06. The molecular weight excluding hydrogens is 304 g/mol. The third-order valence-corrected chi connectivity index (χ3v) is 3.54. The predicted octanol–water partition coefficient (Wildman–Crippen LogP) is 0.448. The molecule has 2 aromatic rings. The van der Waals surface area contributed by atoms with E-state index in [1.807, 2.05) is 0 Å². The molecule has 0 fully saturated rings. The number of nitro groups is 1. The van der Waals surface area contributed by atoms with E-state index in [1.165, 1.54) is 12.4 Å². The highest BCUT2D eigenvalue weighted by Crippen LogP contribution is 2.22. The number of fused-ring (bicyclic) bond motifs is 1. The lowest BCUT2D eigenvalue weighted by Crippen LogP contribution is -2.38. The molecule has 9 nitrogen and oxygen atoms in total. The first kappa shape index (κ1) is 14.9. The van der Waals surface area contributed by atoms with Crippen molar-refractivity contribution in [3.63, 3.8) is 0 Å². The molecule has 2 amide bonds. The second kappa shape index (κ2) is 5.61. The number of nitrogens with zero attached hydrogens (tertiary/aromatic N) is 4. The fraction of sp³-hybridized carbons (Fsp3) is 0.214. The van der Waals surface area contributed by atoms with Gasteiger partial charge in [-0.15, -0.1) is 0 Å². The van der Waals surface area contributed by atoms with Gasteiger partial charge in [-0.3, -0.25) is 14.5 Å². The van der Waals surface area contributed by atoms with Gasteiger partial charge in [0.05, 0.1) is 24.2 Å². The van der Waals surface area contributed by atoms with Crippen molar-refractivity contribution in [2.45, 2.75) is 12.6 Å². The molecule has 3 rings (SSSR count). The Kier molecular flexibility index (Phi) is 3.62. The van der Waals surface area contributed by atoms with Crippen LogP contribution in [-0.2, 0) is 6.54 Å². The number of benzene rings is 1. The molecule has 9 heteroatoms. The van der Waals surface area contributed by atoms with Crippen LogP contribution < -0.4 is 0 Å². The van der Waals surface area contributed by atoms with Crippen LogP contribution in [0.5, 0.6) is 0 Å². The molecule has 0 radical (unpaired) electrons. The summed E-state index contributed by atoms with van der Waals surface area (Å²) in [6.45, 7) is -0.397. The van der Waals surface area contributed by atoms with Gasteiger partial charge in [-0.25, -0.2) is 4.57 Å². The first-order chi connectivity index (χ1) is 11.0. The van der Waals surface area contributed by atoms with Gasteiger partial charge in [-0.1, -0.05) is 17.1 Å². The number of aliphatic hydroxyl groups is 1. The summed E-state index contributed by atoms with van der Waals surface area (Å²) in [5.74, 6) is -1.37. The summed E-state index contributed by atoms with van der Waals surface area (Å²) in [5.41, 5.74) is 0.580. The fourth-order valence-corrected chi connectivity index (χ4v) is 2.52. The lowest BCUT2D eigenvalue weighted by molar-refractivity contribution is -0.397. The third-order valence-electron chi connectivity index (χ3n) is 3.54. The van der Waals surface area contributed by atoms with Crippen LogP contribution in [0.25, 0.3) is 0 Å². The van der Waals surface area contributed by atoms with Gasteiger partial charge in [0.2, 0.25) is 0 Å². The summed E-state index contributed by atoms with van der Waals surface area (Å²) in [5, 5.41) is 20.9. The Morgan fingerprint density at radius 1 is 1.17 bits per heavy atom. The van der Waals surface area contributed by atoms with Crippen LogP contribution in [0.4, 0.5) is 5.95 Å². The summed E-state index contributed by atoms with van der Waals surface area (Å²) in [7, 11) is 0. The number of hydrogen-bond acceptors (Lipinski definition) is 6. The van der Waals surface area contributed by atoms with E-state index in [9.17, 15) is 24.8 Å². The van der Waals surface area contributed by atoms with Gasteiger partial charge in [-0.05, 0) is 17.1 Å². The zero-order valence-electron chi connectivity index (χ0n) is 11.8. The minimum atomic E-state index is -1.15. The molecule has 0 saturated heterocycles. The van der Waals surface area contributed by atoms with Crippen LogP contribution in [0.1, 0.15) is 20.7 Å². The van der Waals surface area contributed by atoms with Crippen molar-refractivity contribution in [1.29, 1.82) is 0 Å². The Balaban J connectivity index is 1.73. The summed E-state index contributed by atoms with van der Waals surface area (Å²) >= 11 is 0. The molecule has 1 aliphatic heterocycles. The largest absolute Gasteiger partial charge is 0.434 e. The normalized spacial score (nSPS) is 14.9. The zero-order chi connectivity index (χ0) is 16.6. The van der Waals surface area contributed by atoms with Crippen molar-refractivity contribution in [3.8, 4) is 0 Å². The summed E-state index contributed by atoms with van der Waals surface area (Å²) in [4.78, 5) is 39.0. The molecule has 1 atom stereocenters. The highest BCUT2D eigenvalue weighted by atomic mass is 16.6. The predicted molar refractivity (Wildman–Crippen MR) is 76.7 cm³/mol. The van der Waals surface area contributed by atoms with Gasteiger partial charge in [0, 0.05) is 0 Å². The van der Waals surface area contributed by atoms with Crippen molar-refractivity contribution < 1.29 is 19.6 Å². The van der Waals surface area contributed by atoms with Crippen LogP contribution >= 0.6 is 0 Å². The standard InChI is InChI=1S/C14H12N4O5/c19-9(7-16-6-5-15-14(16)18(22)23)8-17-12(20)10-3-1-2-4-11(10)13(17)21/h1-6,9,19H,7-8H2/t9-/m1/s1.